The van der Waals surface area contributed by atoms with E-state index in [9.17, 15) is 13.2 Å². The van der Waals surface area contributed by atoms with Gasteiger partial charge in [0.2, 0.25) is 10.0 Å². The predicted octanol–water partition coefficient (Wildman–Crippen LogP) is 3.22. The summed E-state index contributed by atoms with van der Waals surface area (Å²) in [5.74, 6) is 0.829. The zero-order chi connectivity index (χ0) is 22.9. The summed E-state index contributed by atoms with van der Waals surface area (Å²) in [6.45, 7) is 2.83. The van der Waals surface area contributed by atoms with Crippen molar-refractivity contribution in [3.05, 3.63) is 59.4 Å². The lowest BCUT2D eigenvalue weighted by atomic mass is 10.1. The molecule has 9 heteroatoms. The van der Waals surface area contributed by atoms with E-state index in [1.54, 1.807) is 24.3 Å². The van der Waals surface area contributed by atoms with Crippen LogP contribution in [-0.4, -0.2) is 48.9 Å². The third kappa shape index (κ3) is 4.13. The van der Waals surface area contributed by atoms with Gasteiger partial charge in [-0.15, -0.1) is 0 Å². The number of esters is 1. The van der Waals surface area contributed by atoms with Gasteiger partial charge in [-0.3, -0.25) is 0 Å². The zero-order valence-electron chi connectivity index (χ0n) is 18.2. The van der Waals surface area contributed by atoms with Gasteiger partial charge < -0.3 is 14.0 Å². The van der Waals surface area contributed by atoms with Crippen LogP contribution >= 0.6 is 0 Å². The van der Waals surface area contributed by atoms with Crippen molar-refractivity contribution in [2.75, 3.05) is 20.7 Å². The molecule has 0 saturated carbocycles. The van der Waals surface area contributed by atoms with Gasteiger partial charge in [-0.05, 0) is 36.8 Å². The highest BCUT2D eigenvalue weighted by atomic mass is 32.2. The summed E-state index contributed by atoms with van der Waals surface area (Å²) < 4.78 is 39.2. The molecule has 0 amide bonds. The van der Waals surface area contributed by atoms with Crippen molar-refractivity contribution in [2.45, 2.75) is 31.4 Å². The molecule has 2 heterocycles. The zero-order valence-corrected chi connectivity index (χ0v) is 19.1. The fourth-order valence-electron chi connectivity index (χ4n) is 3.57. The van der Waals surface area contributed by atoms with Gasteiger partial charge in [0.1, 0.15) is 24.8 Å². The molecule has 32 heavy (non-hydrogen) atoms. The van der Waals surface area contributed by atoms with Crippen molar-refractivity contribution in [2.24, 2.45) is 0 Å². The third-order valence-corrected chi connectivity index (χ3v) is 7.06. The Hall–Kier alpha value is -3.17. The summed E-state index contributed by atoms with van der Waals surface area (Å²) in [6.07, 6.45) is 2.62. The van der Waals surface area contributed by atoms with E-state index >= 15 is 0 Å². The molecule has 0 atom stereocenters. The Bertz CT molecular complexity index is 1310. The number of carbonyl (C=O) groups is 1. The number of aromatic nitrogens is 2. The van der Waals surface area contributed by atoms with Crippen LogP contribution in [0.25, 0.3) is 17.1 Å². The van der Waals surface area contributed by atoms with Crippen LogP contribution in [0.15, 0.2) is 52.9 Å². The van der Waals surface area contributed by atoms with E-state index in [0.717, 1.165) is 27.6 Å². The predicted molar refractivity (Wildman–Crippen MR) is 121 cm³/mol. The Labute approximate surface area is 187 Å². The molecule has 2 aromatic carbocycles. The number of imidazole rings is 1. The minimum absolute atomic E-state index is 0.0255. The number of benzene rings is 2. The van der Waals surface area contributed by atoms with Gasteiger partial charge in [0.25, 0.3) is 0 Å². The van der Waals surface area contributed by atoms with Gasteiger partial charge in [-0.2, -0.15) is 0 Å². The van der Waals surface area contributed by atoms with Crippen LogP contribution in [0.2, 0.25) is 0 Å². The number of ether oxygens (including phenoxy) is 2. The molecule has 0 fully saturated rings. The fraction of sp³-hybridized carbons (Fsp3) is 0.304. The van der Waals surface area contributed by atoms with Crippen molar-refractivity contribution in [1.29, 1.82) is 0 Å². The van der Waals surface area contributed by atoms with Gasteiger partial charge in [0.15, 0.2) is 0 Å². The molecule has 3 aromatic rings. The SMILES string of the molecule is CCCn1c(COC(=O)C2=Cc3ccccc3OC2)nc2cc(S(=O)(=O)N(C)C)ccc21. The number of fused-ring (bicyclic) bond motifs is 2. The molecule has 168 valence electrons. The molecular weight excluding hydrogens is 430 g/mol. The second-order valence-corrected chi connectivity index (χ2v) is 9.84. The van der Waals surface area contributed by atoms with E-state index in [1.165, 1.54) is 14.1 Å². The highest BCUT2D eigenvalue weighted by Gasteiger charge is 2.22. The first-order valence-corrected chi connectivity index (χ1v) is 11.8. The lowest BCUT2D eigenvalue weighted by molar-refractivity contribution is -0.140. The largest absolute Gasteiger partial charge is 0.488 e. The molecule has 0 aliphatic carbocycles. The van der Waals surface area contributed by atoms with E-state index in [2.05, 4.69) is 4.98 Å². The molecule has 1 aliphatic rings. The molecule has 0 radical (unpaired) electrons. The molecule has 0 unspecified atom stereocenters. The number of carbonyl (C=O) groups excluding carboxylic acids is 1. The van der Waals surface area contributed by atoms with Crippen LogP contribution in [-0.2, 0) is 32.7 Å². The highest BCUT2D eigenvalue weighted by molar-refractivity contribution is 7.89. The second kappa shape index (κ2) is 8.76. The van der Waals surface area contributed by atoms with Crippen molar-refractivity contribution in [3.8, 4) is 5.75 Å². The second-order valence-electron chi connectivity index (χ2n) is 7.69. The fourth-order valence-corrected chi connectivity index (χ4v) is 4.49. The van der Waals surface area contributed by atoms with Crippen LogP contribution in [0.5, 0.6) is 5.75 Å². The summed E-state index contributed by atoms with van der Waals surface area (Å²) >= 11 is 0. The average molecular weight is 456 g/mol. The first kappa shape index (κ1) is 22.0. The smallest absolute Gasteiger partial charge is 0.337 e. The molecular formula is C23H25N3O5S. The van der Waals surface area contributed by atoms with E-state index in [1.807, 2.05) is 35.8 Å². The Morgan fingerprint density at radius 1 is 1.22 bits per heavy atom. The maximum atomic E-state index is 12.6. The average Bonchev–Trinajstić information content (AvgIpc) is 3.14. The van der Waals surface area contributed by atoms with E-state index in [-0.39, 0.29) is 18.1 Å². The third-order valence-electron chi connectivity index (χ3n) is 5.25. The summed E-state index contributed by atoms with van der Waals surface area (Å²) in [5.41, 5.74) is 2.60. The molecule has 1 aromatic heterocycles. The molecule has 1 aliphatic heterocycles. The number of nitrogens with zero attached hydrogens (tertiary/aromatic N) is 3. The Morgan fingerprint density at radius 3 is 2.75 bits per heavy atom. The van der Waals surface area contributed by atoms with Crippen molar-refractivity contribution >= 4 is 33.1 Å². The van der Waals surface area contributed by atoms with E-state index in [4.69, 9.17) is 9.47 Å². The van der Waals surface area contributed by atoms with Crippen LogP contribution in [0.4, 0.5) is 0 Å². The number of sulfonamides is 1. The summed E-state index contributed by atoms with van der Waals surface area (Å²) in [5, 5.41) is 0. The first-order valence-electron chi connectivity index (χ1n) is 10.3. The molecule has 8 nitrogen and oxygen atoms in total. The molecule has 0 spiro atoms. The Balaban J connectivity index is 1.59. The Kier molecular flexibility index (Phi) is 6.03. The summed E-state index contributed by atoms with van der Waals surface area (Å²) in [6, 6.07) is 12.4. The molecule has 0 N–H and O–H groups in total. The lowest BCUT2D eigenvalue weighted by Crippen LogP contribution is -2.22. The van der Waals surface area contributed by atoms with Gasteiger partial charge >= 0.3 is 5.97 Å². The minimum atomic E-state index is -3.57. The molecule has 0 saturated heterocycles. The standard InChI is InChI=1S/C23H25N3O5S/c1-4-11-26-20-10-9-18(32(28,29)25(2)3)13-19(20)24-22(26)15-31-23(27)17-12-16-7-5-6-8-21(16)30-14-17/h5-10,12-13H,4,11,14-15H2,1-3H3. The van der Waals surface area contributed by atoms with Crippen molar-refractivity contribution in [1.82, 2.24) is 13.9 Å². The van der Waals surface area contributed by atoms with Crippen LogP contribution in [0.1, 0.15) is 24.7 Å². The Morgan fingerprint density at radius 2 is 2.00 bits per heavy atom. The first-order chi connectivity index (χ1) is 15.3. The summed E-state index contributed by atoms with van der Waals surface area (Å²) in [7, 11) is -0.595. The number of hydrogen-bond donors (Lipinski definition) is 0. The highest BCUT2D eigenvalue weighted by Crippen LogP contribution is 2.27. The van der Waals surface area contributed by atoms with Crippen molar-refractivity contribution < 1.29 is 22.7 Å². The van der Waals surface area contributed by atoms with Crippen LogP contribution < -0.4 is 4.74 Å². The monoisotopic (exact) mass is 455 g/mol. The van der Waals surface area contributed by atoms with Crippen LogP contribution in [0.3, 0.4) is 0 Å². The van der Waals surface area contributed by atoms with Gasteiger partial charge in [-0.25, -0.2) is 22.5 Å². The van der Waals surface area contributed by atoms with E-state index in [0.29, 0.717) is 23.5 Å². The van der Waals surface area contributed by atoms with Gasteiger partial charge in [0, 0.05) is 26.2 Å². The summed E-state index contributed by atoms with van der Waals surface area (Å²) in [4.78, 5) is 17.4. The maximum absolute atomic E-state index is 12.6. The number of hydrogen-bond acceptors (Lipinski definition) is 6. The topological polar surface area (TPSA) is 90.7 Å². The van der Waals surface area contributed by atoms with Crippen molar-refractivity contribution in [3.63, 3.8) is 0 Å². The minimum Gasteiger partial charge on any atom is -0.488 e. The normalized spacial score (nSPS) is 13.6. The lowest BCUT2D eigenvalue weighted by Gasteiger charge is -2.17. The number of aryl methyl sites for hydroxylation is 1. The number of para-hydroxylation sites is 1. The molecule has 0 bridgehead atoms. The quantitative estimate of drug-likeness (QED) is 0.508. The van der Waals surface area contributed by atoms with Gasteiger partial charge in [0.05, 0.1) is 21.5 Å². The van der Waals surface area contributed by atoms with Crippen LogP contribution in [0, 0.1) is 0 Å². The number of rotatable bonds is 7. The van der Waals surface area contributed by atoms with Gasteiger partial charge in [-0.1, -0.05) is 25.1 Å². The maximum Gasteiger partial charge on any atom is 0.337 e. The molecule has 4 rings (SSSR count). The van der Waals surface area contributed by atoms with E-state index < -0.39 is 16.0 Å².